The van der Waals surface area contributed by atoms with Crippen molar-refractivity contribution in [3.63, 3.8) is 0 Å². The second kappa shape index (κ2) is 7.03. The van der Waals surface area contributed by atoms with Crippen molar-refractivity contribution < 1.29 is 13.5 Å². The maximum absolute atomic E-state index is 13.2. The van der Waals surface area contributed by atoms with E-state index in [1.54, 1.807) is 24.3 Å². The second-order valence-corrected chi connectivity index (χ2v) is 5.40. The highest BCUT2D eigenvalue weighted by atomic mass is 19.1. The van der Waals surface area contributed by atoms with Gasteiger partial charge in [0.05, 0.1) is 5.69 Å². The summed E-state index contributed by atoms with van der Waals surface area (Å²) in [5, 5.41) is 9.27. The van der Waals surface area contributed by atoms with Gasteiger partial charge in [-0.1, -0.05) is 12.1 Å². The molecule has 130 valence electrons. The first-order valence-electron chi connectivity index (χ1n) is 7.47. The van der Waals surface area contributed by atoms with Crippen LogP contribution >= 0.6 is 0 Å². The third kappa shape index (κ3) is 3.67. The van der Waals surface area contributed by atoms with Gasteiger partial charge in [-0.25, -0.2) is 13.8 Å². The first-order valence-corrected chi connectivity index (χ1v) is 7.47. The number of halogens is 2. The Morgan fingerprint density at radius 2 is 1.77 bits per heavy atom. The summed E-state index contributed by atoms with van der Waals surface area (Å²) in [7, 11) is 0. The van der Waals surface area contributed by atoms with Crippen LogP contribution in [0.5, 0.6) is 5.75 Å². The van der Waals surface area contributed by atoms with Crippen LogP contribution in [0.3, 0.4) is 0 Å². The van der Waals surface area contributed by atoms with Crippen LogP contribution in [-0.4, -0.2) is 9.97 Å². The van der Waals surface area contributed by atoms with E-state index in [4.69, 9.17) is 16.2 Å². The van der Waals surface area contributed by atoms with Crippen molar-refractivity contribution in [2.75, 3.05) is 11.5 Å². The predicted molar refractivity (Wildman–Crippen MR) is 91.7 cm³/mol. The Morgan fingerprint density at radius 1 is 1.04 bits per heavy atom. The number of benzene rings is 2. The fourth-order valence-corrected chi connectivity index (χ4v) is 2.41. The summed E-state index contributed by atoms with van der Waals surface area (Å²) in [6.45, 7) is -0.0305. The van der Waals surface area contributed by atoms with Crippen LogP contribution in [0.25, 0.3) is 11.3 Å². The largest absolute Gasteiger partial charge is 0.489 e. The van der Waals surface area contributed by atoms with Gasteiger partial charge in [-0.3, -0.25) is 0 Å². The van der Waals surface area contributed by atoms with Crippen molar-refractivity contribution in [1.29, 1.82) is 5.26 Å². The van der Waals surface area contributed by atoms with E-state index in [1.807, 2.05) is 6.07 Å². The van der Waals surface area contributed by atoms with Crippen LogP contribution in [0, 0.1) is 23.0 Å². The molecule has 26 heavy (non-hydrogen) atoms. The van der Waals surface area contributed by atoms with Gasteiger partial charge in [-0.05, 0) is 29.8 Å². The summed E-state index contributed by atoms with van der Waals surface area (Å²) in [5.41, 5.74) is 12.6. The number of ether oxygens (including phenoxy) is 1. The van der Waals surface area contributed by atoms with Gasteiger partial charge in [-0.2, -0.15) is 10.2 Å². The molecule has 8 heteroatoms. The molecule has 1 aromatic heterocycles. The van der Waals surface area contributed by atoms with E-state index in [0.717, 1.165) is 6.07 Å². The number of nitrogen functional groups attached to an aromatic ring is 2. The van der Waals surface area contributed by atoms with Gasteiger partial charge in [0, 0.05) is 11.6 Å². The van der Waals surface area contributed by atoms with Crippen LogP contribution < -0.4 is 16.2 Å². The monoisotopic (exact) mass is 353 g/mol. The van der Waals surface area contributed by atoms with Crippen molar-refractivity contribution in [2.45, 2.75) is 6.61 Å². The summed E-state index contributed by atoms with van der Waals surface area (Å²) >= 11 is 0. The lowest BCUT2D eigenvalue weighted by Gasteiger charge is -2.10. The molecule has 0 atom stereocenters. The molecule has 3 aromatic rings. The summed E-state index contributed by atoms with van der Waals surface area (Å²) in [6.07, 6.45) is 0. The molecule has 0 saturated heterocycles. The van der Waals surface area contributed by atoms with Crippen LogP contribution in [0.2, 0.25) is 0 Å². The molecule has 6 nitrogen and oxygen atoms in total. The Kier molecular flexibility index (Phi) is 4.62. The van der Waals surface area contributed by atoms with E-state index in [0.29, 0.717) is 16.9 Å². The normalized spacial score (nSPS) is 10.3. The average molecular weight is 353 g/mol. The minimum absolute atomic E-state index is 0.0171. The van der Waals surface area contributed by atoms with Gasteiger partial charge in [0.15, 0.2) is 0 Å². The fourth-order valence-electron chi connectivity index (χ4n) is 2.41. The van der Waals surface area contributed by atoms with Crippen molar-refractivity contribution in [2.24, 2.45) is 0 Å². The van der Waals surface area contributed by atoms with Gasteiger partial charge in [0.25, 0.3) is 0 Å². The molecule has 0 unspecified atom stereocenters. The molecular formula is C18H13F2N5O. The van der Waals surface area contributed by atoms with E-state index >= 15 is 0 Å². The zero-order valence-corrected chi connectivity index (χ0v) is 13.4. The Balaban J connectivity index is 1.89. The van der Waals surface area contributed by atoms with E-state index in [2.05, 4.69) is 9.97 Å². The van der Waals surface area contributed by atoms with E-state index in [1.165, 1.54) is 12.1 Å². The molecule has 0 amide bonds. The minimum atomic E-state index is -0.678. The van der Waals surface area contributed by atoms with Crippen LogP contribution in [0.15, 0.2) is 42.5 Å². The highest BCUT2D eigenvalue weighted by molar-refractivity contribution is 5.73. The maximum Gasteiger partial charge on any atom is 0.222 e. The third-order valence-electron chi connectivity index (χ3n) is 3.50. The predicted octanol–water partition coefficient (Wildman–Crippen LogP) is 3.04. The summed E-state index contributed by atoms with van der Waals surface area (Å²) in [5.74, 6) is -1.01. The number of nitrogens with zero attached hydrogens (tertiary/aromatic N) is 3. The molecule has 0 saturated carbocycles. The van der Waals surface area contributed by atoms with Crippen molar-refractivity contribution in [3.8, 4) is 23.1 Å². The third-order valence-corrected chi connectivity index (χ3v) is 3.50. The van der Waals surface area contributed by atoms with Gasteiger partial charge in [0.2, 0.25) is 5.95 Å². The zero-order valence-electron chi connectivity index (χ0n) is 13.4. The highest BCUT2D eigenvalue weighted by Gasteiger charge is 2.13. The molecule has 0 radical (unpaired) electrons. The van der Waals surface area contributed by atoms with Gasteiger partial charge < -0.3 is 16.2 Å². The molecule has 0 aliphatic heterocycles. The van der Waals surface area contributed by atoms with E-state index in [-0.39, 0.29) is 29.6 Å². The number of nitriles is 1. The Morgan fingerprint density at radius 3 is 2.46 bits per heavy atom. The summed E-state index contributed by atoms with van der Waals surface area (Å²) < 4.78 is 32.0. The minimum Gasteiger partial charge on any atom is -0.489 e. The molecule has 1 heterocycles. The second-order valence-electron chi connectivity index (χ2n) is 5.40. The van der Waals surface area contributed by atoms with Gasteiger partial charge >= 0.3 is 0 Å². The lowest BCUT2D eigenvalue weighted by Crippen LogP contribution is -2.05. The quantitative estimate of drug-likeness (QED) is 0.746. The number of aromatic nitrogens is 2. The summed E-state index contributed by atoms with van der Waals surface area (Å²) in [4.78, 5) is 7.83. The molecular weight excluding hydrogens is 340 g/mol. The fraction of sp³-hybridized carbons (Fsp3) is 0.0556. The standard InChI is InChI=1S/C18H13F2N5O/c19-12-4-10(5-13(20)7-12)9-26-14-3-1-2-11(6-14)16-15(8-21)17(22)25-18(23)24-16/h1-7H,9H2,(H4,22,23,24,25). The maximum atomic E-state index is 13.2. The van der Waals surface area contributed by atoms with Crippen LogP contribution in [0.1, 0.15) is 11.1 Å². The van der Waals surface area contributed by atoms with Crippen molar-refractivity contribution in [3.05, 3.63) is 65.2 Å². The van der Waals surface area contributed by atoms with Crippen molar-refractivity contribution in [1.82, 2.24) is 9.97 Å². The molecule has 4 N–H and O–H groups in total. The molecule has 0 spiro atoms. The lowest BCUT2D eigenvalue weighted by atomic mass is 10.1. The van der Waals surface area contributed by atoms with Gasteiger partial charge in [-0.15, -0.1) is 0 Å². The SMILES string of the molecule is N#Cc1c(N)nc(N)nc1-c1cccc(OCc2cc(F)cc(F)c2)c1. The number of rotatable bonds is 4. The average Bonchev–Trinajstić information content (AvgIpc) is 2.59. The topological polar surface area (TPSA) is 111 Å². The number of hydrogen-bond donors (Lipinski definition) is 2. The van der Waals surface area contributed by atoms with Crippen molar-refractivity contribution >= 4 is 11.8 Å². The first-order chi connectivity index (χ1) is 12.5. The number of anilines is 2. The molecule has 0 bridgehead atoms. The number of hydrogen-bond acceptors (Lipinski definition) is 6. The molecule has 0 aliphatic carbocycles. The number of nitrogens with two attached hydrogens (primary N) is 2. The van der Waals surface area contributed by atoms with E-state index in [9.17, 15) is 14.0 Å². The first kappa shape index (κ1) is 17.1. The van der Waals surface area contributed by atoms with Crippen LogP contribution in [0.4, 0.5) is 20.5 Å². The smallest absolute Gasteiger partial charge is 0.222 e. The molecule has 0 aliphatic rings. The van der Waals surface area contributed by atoms with Crippen LogP contribution in [-0.2, 0) is 6.61 Å². The van der Waals surface area contributed by atoms with Gasteiger partial charge in [0.1, 0.15) is 41.4 Å². The molecule has 0 fully saturated rings. The summed E-state index contributed by atoms with van der Waals surface area (Å²) in [6, 6.07) is 11.8. The molecule has 2 aromatic carbocycles. The molecule has 3 rings (SSSR count). The van der Waals surface area contributed by atoms with E-state index < -0.39 is 11.6 Å². The highest BCUT2D eigenvalue weighted by Crippen LogP contribution is 2.28. The lowest BCUT2D eigenvalue weighted by molar-refractivity contribution is 0.305. The Bertz CT molecular complexity index is 997. The Labute approximate surface area is 147 Å². The zero-order chi connectivity index (χ0) is 18.7. The Hall–Kier alpha value is -3.73.